The average molecular weight is 572 g/mol. The van der Waals surface area contributed by atoms with Gasteiger partial charge in [-0.15, -0.1) is 0 Å². The molecule has 9 nitrogen and oxygen atoms in total. The van der Waals surface area contributed by atoms with E-state index in [1.807, 2.05) is 34.6 Å². The third-order valence-electron chi connectivity index (χ3n) is 11.9. The first kappa shape index (κ1) is 29.0. The van der Waals surface area contributed by atoms with Gasteiger partial charge in [-0.25, -0.2) is 0 Å². The Morgan fingerprint density at radius 1 is 1.07 bits per heavy atom. The highest BCUT2D eigenvalue weighted by atomic mass is 16.6. The van der Waals surface area contributed by atoms with E-state index >= 15 is 0 Å². The summed E-state index contributed by atoms with van der Waals surface area (Å²) >= 11 is 0. The molecule has 2 saturated heterocycles. The molecule has 2 heterocycles. The lowest BCUT2D eigenvalue weighted by atomic mass is 9.36. The zero-order valence-corrected chi connectivity index (χ0v) is 25.0. The average Bonchev–Trinajstić information content (AvgIpc) is 3.01. The minimum Gasteiger partial charge on any atom is -0.460 e. The van der Waals surface area contributed by atoms with Gasteiger partial charge in [-0.05, 0) is 61.9 Å². The van der Waals surface area contributed by atoms with E-state index in [0.29, 0.717) is 51.4 Å². The first-order chi connectivity index (χ1) is 19.0. The number of Topliss-reactive ketones (excluding diaryl/α,β-unsaturated/α-hetero) is 2. The zero-order valence-electron chi connectivity index (χ0n) is 25.0. The van der Waals surface area contributed by atoms with Crippen molar-refractivity contribution in [2.75, 3.05) is 6.61 Å². The van der Waals surface area contributed by atoms with E-state index < -0.39 is 75.1 Å². The van der Waals surface area contributed by atoms with Crippen LogP contribution in [-0.4, -0.2) is 64.3 Å². The lowest BCUT2D eigenvalue weighted by Gasteiger charge is -2.73. The Labute approximate surface area is 241 Å². The molecule has 226 valence electrons. The summed E-state index contributed by atoms with van der Waals surface area (Å²) in [4.78, 5) is 54.2. The molecule has 7 rings (SSSR count). The molecule has 7 aliphatic rings. The van der Waals surface area contributed by atoms with Gasteiger partial charge in [0.1, 0.15) is 23.4 Å². The number of aliphatic hydroxyl groups excluding tert-OH is 1. The molecule has 0 aromatic carbocycles. The highest BCUT2D eigenvalue weighted by molar-refractivity contribution is 6.06. The second-order valence-corrected chi connectivity index (χ2v) is 15.4. The van der Waals surface area contributed by atoms with Crippen molar-refractivity contribution in [2.24, 2.45) is 45.3 Å². The number of ketones is 2. The predicted molar refractivity (Wildman–Crippen MR) is 147 cm³/mol. The summed E-state index contributed by atoms with van der Waals surface area (Å²) in [6.45, 7) is 13.6. The Balaban J connectivity index is 1.31. The Hall–Kier alpha value is -2.10. The van der Waals surface area contributed by atoms with Gasteiger partial charge in [0.2, 0.25) is 11.7 Å². The third kappa shape index (κ3) is 3.57. The summed E-state index contributed by atoms with van der Waals surface area (Å²) in [5.41, 5.74) is -3.62. The molecule has 9 heteroatoms. The van der Waals surface area contributed by atoms with E-state index in [1.54, 1.807) is 0 Å². The Kier molecular flexibility index (Phi) is 6.33. The molecule has 0 aromatic rings. The molecule has 41 heavy (non-hydrogen) atoms. The molecule has 1 amide bonds. The van der Waals surface area contributed by atoms with Gasteiger partial charge in [-0.1, -0.05) is 41.2 Å². The van der Waals surface area contributed by atoms with Crippen LogP contribution in [0.2, 0.25) is 0 Å². The minimum atomic E-state index is -2.30. The van der Waals surface area contributed by atoms with Gasteiger partial charge in [0, 0.05) is 29.7 Å². The standard InChI is InChI=1S/C32H45NO8/c1-16-19-11-12-20-30-15-40-32(39,24(36)22(30)29(5,6)14-13-21(30)34)31(20,23(16)35)25(19)41-26(37)17-7-9-18(10-8-17)33-27(38)28(2,3)4/h17-20,22,24-25,36,39H,1,7-15H2,2-6H3,(H,33,38)/t17?,18?,19-,20-,22+,24-,25+,30+,31-,32-/m0/s1. The van der Waals surface area contributed by atoms with Crippen LogP contribution >= 0.6 is 0 Å². The number of hydrogen-bond acceptors (Lipinski definition) is 8. The van der Waals surface area contributed by atoms with Crippen molar-refractivity contribution in [1.29, 1.82) is 0 Å². The minimum absolute atomic E-state index is 0.0176. The topological polar surface area (TPSA) is 139 Å². The van der Waals surface area contributed by atoms with Gasteiger partial charge < -0.3 is 25.0 Å². The largest absolute Gasteiger partial charge is 0.460 e. The zero-order chi connectivity index (χ0) is 29.9. The fourth-order valence-electron chi connectivity index (χ4n) is 9.86. The van der Waals surface area contributed by atoms with Crippen molar-refractivity contribution < 1.29 is 38.9 Å². The number of hydrogen-bond donors (Lipinski definition) is 3. The maximum atomic E-state index is 14.2. The van der Waals surface area contributed by atoms with Crippen LogP contribution in [0.25, 0.3) is 0 Å². The van der Waals surface area contributed by atoms with E-state index in [1.165, 1.54) is 0 Å². The van der Waals surface area contributed by atoms with Crippen LogP contribution in [0.5, 0.6) is 0 Å². The first-order valence-corrected chi connectivity index (χ1v) is 15.4. The van der Waals surface area contributed by atoms with Crippen LogP contribution < -0.4 is 5.32 Å². The lowest BCUT2D eigenvalue weighted by molar-refractivity contribution is -0.437. The molecule has 2 aliphatic heterocycles. The number of amides is 1. The first-order valence-electron chi connectivity index (χ1n) is 15.4. The number of fused-ring (bicyclic) bond motifs is 2. The Morgan fingerprint density at radius 2 is 1.73 bits per heavy atom. The summed E-state index contributed by atoms with van der Waals surface area (Å²) in [6, 6.07) is -0.0176. The SMILES string of the molecule is C=C1C(=O)[C@]23[C@H](OC(=O)C4CCC(NC(=O)C(C)(C)C)CC4)[C@H]1CC[C@H]2[C@@]12CO[C@@]3(O)[C@@H](O)[C@@H]1C(C)(C)CCC2=O. The van der Waals surface area contributed by atoms with Crippen molar-refractivity contribution in [3.8, 4) is 0 Å². The van der Waals surface area contributed by atoms with Gasteiger partial charge in [0.25, 0.3) is 0 Å². The summed E-state index contributed by atoms with van der Waals surface area (Å²) < 4.78 is 12.3. The van der Waals surface area contributed by atoms with E-state index in [-0.39, 0.29) is 29.9 Å². The number of rotatable bonds is 3. The van der Waals surface area contributed by atoms with Gasteiger partial charge in [-0.2, -0.15) is 0 Å². The van der Waals surface area contributed by atoms with Crippen molar-refractivity contribution >= 4 is 23.4 Å². The molecule has 0 aromatic heterocycles. The van der Waals surface area contributed by atoms with Crippen molar-refractivity contribution in [3.63, 3.8) is 0 Å². The van der Waals surface area contributed by atoms with Crippen LogP contribution in [0.4, 0.5) is 0 Å². The normalized spacial score (nSPS) is 46.5. The van der Waals surface area contributed by atoms with Crippen LogP contribution in [0, 0.1) is 45.3 Å². The van der Waals surface area contributed by atoms with Crippen molar-refractivity contribution in [1.82, 2.24) is 5.32 Å². The molecule has 3 N–H and O–H groups in total. The number of aliphatic hydroxyl groups is 2. The molecular formula is C32H45NO8. The smallest absolute Gasteiger partial charge is 0.309 e. The fourth-order valence-corrected chi connectivity index (χ4v) is 9.86. The molecule has 7 fully saturated rings. The van der Waals surface area contributed by atoms with Crippen molar-refractivity contribution in [3.05, 3.63) is 12.2 Å². The van der Waals surface area contributed by atoms with Gasteiger partial charge >= 0.3 is 5.97 Å². The summed E-state index contributed by atoms with van der Waals surface area (Å²) in [5.74, 6) is -5.41. The molecule has 5 aliphatic carbocycles. The molecular weight excluding hydrogens is 526 g/mol. The molecule has 2 spiro atoms. The summed E-state index contributed by atoms with van der Waals surface area (Å²) in [7, 11) is 0. The summed E-state index contributed by atoms with van der Waals surface area (Å²) in [6.07, 6.45) is 1.63. The van der Waals surface area contributed by atoms with Crippen LogP contribution in [0.15, 0.2) is 12.2 Å². The van der Waals surface area contributed by atoms with E-state index in [4.69, 9.17) is 9.47 Å². The lowest BCUT2D eigenvalue weighted by Crippen LogP contribution is -2.85. The second-order valence-electron chi connectivity index (χ2n) is 15.4. The molecule has 5 saturated carbocycles. The van der Waals surface area contributed by atoms with Crippen LogP contribution in [0.3, 0.4) is 0 Å². The number of carbonyl (C=O) groups excluding carboxylic acids is 4. The quantitative estimate of drug-likeness (QED) is 0.347. The number of carbonyl (C=O) groups is 4. The Morgan fingerprint density at radius 3 is 2.37 bits per heavy atom. The molecule has 8 atom stereocenters. The maximum Gasteiger partial charge on any atom is 0.309 e. The fraction of sp³-hybridized carbons (Fsp3) is 0.812. The highest BCUT2D eigenvalue weighted by Crippen LogP contribution is 2.76. The van der Waals surface area contributed by atoms with Gasteiger partial charge in [0.15, 0.2) is 5.78 Å². The van der Waals surface area contributed by atoms with Crippen LogP contribution in [0.1, 0.15) is 86.0 Å². The molecule has 0 radical (unpaired) electrons. The van der Waals surface area contributed by atoms with Crippen molar-refractivity contribution in [2.45, 2.75) is 110 Å². The molecule has 4 bridgehead atoms. The number of esters is 1. The monoisotopic (exact) mass is 571 g/mol. The molecule has 0 unspecified atom stereocenters. The summed E-state index contributed by atoms with van der Waals surface area (Å²) in [5, 5.41) is 27.2. The maximum absolute atomic E-state index is 14.2. The van der Waals surface area contributed by atoms with Gasteiger partial charge in [-0.3, -0.25) is 19.2 Å². The second kappa shape index (κ2) is 8.96. The Bertz CT molecular complexity index is 1210. The predicted octanol–water partition coefficient (Wildman–Crippen LogP) is 2.86. The van der Waals surface area contributed by atoms with Crippen LogP contribution in [-0.2, 0) is 28.7 Å². The van der Waals surface area contributed by atoms with E-state index in [9.17, 15) is 29.4 Å². The highest BCUT2D eigenvalue weighted by Gasteiger charge is 2.88. The van der Waals surface area contributed by atoms with E-state index in [2.05, 4.69) is 11.9 Å². The van der Waals surface area contributed by atoms with E-state index in [0.717, 1.165) is 0 Å². The number of ether oxygens (including phenoxy) is 2. The third-order valence-corrected chi connectivity index (χ3v) is 11.9. The number of nitrogens with one attached hydrogen (secondary N) is 1. The van der Waals surface area contributed by atoms with Gasteiger partial charge in [0.05, 0.1) is 17.9 Å².